The standard InChI is InChI=1S/C21H22ClF3N2O3S/c22-19-7-6-17(14-18(19)21(23,24)25)31(29,30)27-12-9-16(10-13-27)20(28)26-11-8-15-4-2-1-3-5-15/h1-7,14,16H,8-13H2,(H,26,28). The topological polar surface area (TPSA) is 66.5 Å². The van der Waals surface area contributed by atoms with E-state index in [2.05, 4.69) is 5.32 Å². The molecular weight excluding hydrogens is 453 g/mol. The summed E-state index contributed by atoms with van der Waals surface area (Å²) < 4.78 is 65.9. The highest BCUT2D eigenvalue weighted by Crippen LogP contribution is 2.36. The van der Waals surface area contributed by atoms with Crippen LogP contribution >= 0.6 is 11.6 Å². The molecule has 1 N–H and O–H groups in total. The van der Waals surface area contributed by atoms with Crippen molar-refractivity contribution >= 4 is 27.5 Å². The number of halogens is 4. The van der Waals surface area contributed by atoms with Crippen molar-refractivity contribution in [3.8, 4) is 0 Å². The molecule has 5 nitrogen and oxygen atoms in total. The monoisotopic (exact) mass is 474 g/mol. The zero-order valence-corrected chi connectivity index (χ0v) is 18.1. The van der Waals surface area contributed by atoms with Crippen molar-refractivity contribution in [2.24, 2.45) is 5.92 Å². The van der Waals surface area contributed by atoms with Gasteiger partial charge >= 0.3 is 6.18 Å². The molecule has 1 aliphatic heterocycles. The summed E-state index contributed by atoms with van der Waals surface area (Å²) in [5.41, 5.74) is -0.0900. The highest BCUT2D eigenvalue weighted by atomic mass is 35.5. The van der Waals surface area contributed by atoms with Crippen LogP contribution < -0.4 is 5.32 Å². The number of carbonyl (C=O) groups is 1. The summed E-state index contributed by atoms with van der Waals surface area (Å²) >= 11 is 5.58. The maximum Gasteiger partial charge on any atom is 0.417 e. The number of benzene rings is 2. The predicted molar refractivity (Wildman–Crippen MR) is 111 cm³/mol. The summed E-state index contributed by atoms with van der Waals surface area (Å²) in [4.78, 5) is 11.9. The molecule has 31 heavy (non-hydrogen) atoms. The van der Waals surface area contributed by atoms with Crippen molar-refractivity contribution in [1.29, 1.82) is 0 Å². The van der Waals surface area contributed by atoms with Crippen molar-refractivity contribution in [1.82, 2.24) is 9.62 Å². The Hall–Kier alpha value is -2.10. The van der Waals surface area contributed by atoms with Crippen molar-refractivity contribution < 1.29 is 26.4 Å². The van der Waals surface area contributed by atoms with Crippen LogP contribution in [0.25, 0.3) is 0 Å². The molecule has 1 saturated heterocycles. The Morgan fingerprint density at radius 3 is 2.35 bits per heavy atom. The van der Waals surface area contributed by atoms with Gasteiger partial charge in [0, 0.05) is 25.6 Å². The molecule has 0 radical (unpaired) electrons. The van der Waals surface area contributed by atoms with Crippen LogP contribution in [-0.2, 0) is 27.4 Å². The summed E-state index contributed by atoms with van der Waals surface area (Å²) in [6.07, 6.45) is -3.46. The fourth-order valence-corrected chi connectivity index (χ4v) is 5.23. The summed E-state index contributed by atoms with van der Waals surface area (Å²) in [6, 6.07) is 12.3. The number of hydrogen-bond donors (Lipinski definition) is 1. The molecule has 0 aromatic heterocycles. The molecule has 1 heterocycles. The number of sulfonamides is 1. The van der Waals surface area contributed by atoms with E-state index in [4.69, 9.17) is 11.6 Å². The number of amides is 1. The van der Waals surface area contributed by atoms with Crippen LogP contribution in [0.15, 0.2) is 53.4 Å². The first kappa shape index (κ1) is 23.6. The molecule has 168 valence electrons. The Labute approximate surface area is 184 Å². The zero-order chi connectivity index (χ0) is 22.6. The van der Waals surface area contributed by atoms with Gasteiger partial charge in [0.15, 0.2) is 0 Å². The van der Waals surface area contributed by atoms with E-state index in [-0.39, 0.29) is 24.9 Å². The molecule has 0 spiro atoms. The van der Waals surface area contributed by atoms with Gasteiger partial charge < -0.3 is 5.32 Å². The predicted octanol–water partition coefficient (Wildman–Crippen LogP) is 4.12. The Morgan fingerprint density at radius 2 is 1.74 bits per heavy atom. The summed E-state index contributed by atoms with van der Waals surface area (Å²) in [5.74, 6) is -0.475. The normalized spacial score (nSPS) is 16.3. The summed E-state index contributed by atoms with van der Waals surface area (Å²) in [7, 11) is -4.12. The van der Waals surface area contributed by atoms with Gasteiger partial charge in [0.25, 0.3) is 0 Å². The second kappa shape index (κ2) is 9.58. The van der Waals surface area contributed by atoms with Crippen molar-refractivity contribution in [2.75, 3.05) is 19.6 Å². The van der Waals surface area contributed by atoms with Gasteiger partial charge in [0.1, 0.15) is 0 Å². The lowest BCUT2D eigenvalue weighted by Gasteiger charge is -2.30. The van der Waals surface area contributed by atoms with Gasteiger partial charge in [0.2, 0.25) is 15.9 Å². The van der Waals surface area contributed by atoms with E-state index in [1.165, 1.54) is 0 Å². The first-order chi connectivity index (χ1) is 14.6. The Kier molecular flexibility index (Phi) is 7.28. The molecule has 0 aliphatic carbocycles. The van der Waals surface area contributed by atoms with Crippen molar-refractivity contribution in [2.45, 2.75) is 30.3 Å². The van der Waals surface area contributed by atoms with Gasteiger partial charge in [-0.05, 0) is 43.0 Å². The number of carbonyl (C=O) groups excluding carboxylic acids is 1. The molecule has 0 bridgehead atoms. The van der Waals surface area contributed by atoms with E-state index in [1.807, 2.05) is 30.3 Å². The summed E-state index contributed by atoms with van der Waals surface area (Å²) in [5, 5.41) is 2.31. The van der Waals surface area contributed by atoms with E-state index in [0.29, 0.717) is 31.9 Å². The van der Waals surface area contributed by atoms with Crippen LogP contribution in [0, 0.1) is 5.92 Å². The Bertz CT molecular complexity index is 1020. The maximum absolute atomic E-state index is 13.1. The van der Waals surface area contributed by atoms with Gasteiger partial charge in [-0.25, -0.2) is 8.42 Å². The molecule has 1 aliphatic rings. The molecule has 0 atom stereocenters. The molecule has 0 unspecified atom stereocenters. The minimum absolute atomic E-state index is 0.0586. The molecular formula is C21H22ClF3N2O3S. The van der Waals surface area contributed by atoms with E-state index >= 15 is 0 Å². The second-order valence-corrected chi connectivity index (χ2v) is 9.69. The lowest BCUT2D eigenvalue weighted by atomic mass is 9.97. The molecule has 3 rings (SSSR count). The smallest absolute Gasteiger partial charge is 0.356 e. The third-order valence-electron chi connectivity index (χ3n) is 5.26. The largest absolute Gasteiger partial charge is 0.417 e. The van der Waals surface area contributed by atoms with E-state index < -0.39 is 31.7 Å². The molecule has 2 aromatic carbocycles. The number of alkyl halides is 3. The molecule has 0 saturated carbocycles. The molecule has 10 heteroatoms. The van der Waals surface area contributed by atoms with Gasteiger partial charge in [-0.15, -0.1) is 0 Å². The van der Waals surface area contributed by atoms with Crippen molar-refractivity contribution in [3.05, 3.63) is 64.7 Å². The quantitative estimate of drug-likeness (QED) is 0.685. The second-order valence-electron chi connectivity index (χ2n) is 7.34. The third kappa shape index (κ3) is 5.78. The minimum Gasteiger partial charge on any atom is -0.356 e. The first-order valence-corrected chi connectivity index (χ1v) is 11.6. The lowest BCUT2D eigenvalue weighted by Crippen LogP contribution is -2.43. The van der Waals surface area contributed by atoms with Crippen LogP contribution in [-0.4, -0.2) is 38.3 Å². The van der Waals surface area contributed by atoms with Gasteiger partial charge in [-0.1, -0.05) is 41.9 Å². The van der Waals surface area contributed by atoms with Crippen LogP contribution in [0.4, 0.5) is 13.2 Å². The number of piperidine rings is 1. The highest BCUT2D eigenvalue weighted by molar-refractivity contribution is 7.89. The van der Waals surface area contributed by atoms with Crippen LogP contribution in [0.1, 0.15) is 24.0 Å². The number of nitrogens with one attached hydrogen (secondary N) is 1. The number of hydrogen-bond acceptors (Lipinski definition) is 3. The van der Waals surface area contributed by atoms with Gasteiger partial charge in [-0.2, -0.15) is 17.5 Å². The maximum atomic E-state index is 13.1. The number of nitrogens with zero attached hydrogens (tertiary/aromatic N) is 1. The Balaban J connectivity index is 1.58. The van der Waals surface area contributed by atoms with Gasteiger partial charge in [0.05, 0.1) is 15.5 Å². The average molecular weight is 475 g/mol. The van der Waals surface area contributed by atoms with E-state index in [0.717, 1.165) is 22.0 Å². The minimum atomic E-state index is -4.76. The average Bonchev–Trinajstić information content (AvgIpc) is 2.74. The third-order valence-corrected chi connectivity index (χ3v) is 7.49. The zero-order valence-electron chi connectivity index (χ0n) is 16.5. The fraction of sp³-hybridized carbons (Fsp3) is 0.381. The highest BCUT2D eigenvalue weighted by Gasteiger charge is 2.37. The van der Waals surface area contributed by atoms with Gasteiger partial charge in [-0.3, -0.25) is 4.79 Å². The van der Waals surface area contributed by atoms with Crippen molar-refractivity contribution in [3.63, 3.8) is 0 Å². The first-order valence-electron chi connectivity index (χ1n) is 9.77. The van der Waals surface area contributed by atoms with Crippen LogP contribution in [0.5, 0.6) is 0 Å². The molecule has 1 amide bonds. The van der Waals surface area contributed by atoms with Crippen LogP contribution in [0.3, 0.4) is 0 Å². The van der Waals surface area contributed by atoms with E-state index in [1.54, 1.807) is 0 Å². The molecule has 1 fully saturated rings. The van der Waals surface area contributed by atoms with E-state index in [9.17, 15) is 26.4 Å². The lowest BCUT2D eigenvalue weighted by molar-refractivity contribution is -0.137. The summed E-state index contributed by atoms with van der Waals surface area (Å²) in [6.45, 7) is 0.596. The molecule has 2 aromatic rings. The van der Waals surface area contributed by atoms with Crippen LogP contribution in [0.2, 0.25) is 5.02 Å². The fourth-order valence-electron chi connectivity index (χ4n) is 3.51. The Morgan fingerprint density at radius 1 is 1.10 bits per heavy atom. The number of rotatable bonds is 6. The SMILES string of the molecule is O=C(NCCc1ccccc1)C1CCN(S(=O)(=O)c2ccc(Cl)c(C(F)(F)F)c2)CC1.